The Morgan fingerprint density at radius 1 is 1.69 bits per heavy atom. The highest BCUT2D eigenvalue weighted by Crippen LogP contribution is 2.28. The molecule has 2 rings (SSSR count). The number of esters is 1. The van der Waals surface area contributed by atoms with Crippen LogP contribution in [0, 0.1) is 0 Å². The molecular formula is C9H14FNO2. The first-order chi connectivity index (χ1) is 6.08. The Hall–Kier alpha value is -0.640. The molecule has 0 aromatic heterocycles. The average molecular weight is 187 g/mol. The molecule has 2 aliphatic rings. The van der Waals surface area contributed by atoms with Crippen molar-refractivity contribution < 1.29 is 13.9 Å². The van der Waals surface area contributed by atoms with Crippen LogP contribution in [0.25, 0.3) is 0 Å². The standard InChI is InChI=1S/C9H14FNO2/c1-9(10)3-4-11(6-9)7-2-5-13-8(7)12/h7H,2-6H2,1H3. The number of halogens is 1. The van der Waals surface area contributed by atoms with Gasteiger partial charge in [-0.05, 0) is 13.3 Å². The summed E-state index contributed by atoms with van der Waals surface area (Å²) in [6.45, 7) is 3.12. The third kappa shape index (κ3) is 1.68. The van der Waals surface area contributed by atoms with Gasteiger partial charge in [-0.2, -0.15) is 0 Å². The Kier molecular flexibility index (Phi) is 2.02. The summed E-state index contributed by atoms with van der Waals surface area (Å²) in [7, 11) is 0. The molecule has 2 unspecified atom stereocenters. The van der Waals surface area contributed by atoms with Gasteiger partial charge in [-0.3, -0.25) is 9.69 Å². The highest BCUT2D eigenvalue weighted by molar-refractivity contribution is 5.77. The minimum atomic E-state index is -1.12. The predicted molar refractivity (Wildman–Crippen MR) is 45.1 cm³/mol. The molecule has 74 valence electrons. The fourth-order valence-electron chi connectivity index (χ4n) is 2.04. The van der Waals surface area contributed by atoms with Crippen molar-refractivity contribution in [1.29, 1.82) is 0 Å². The second kappa shape index (κ2) is 2.94. The van der Waals surface area contributed by atoms with E-state index in [2.05, 4.69) is 0 Å². The lowest BCUT2D eigenvalue weighted by Gasteiger charge is -2.20. The van der Waals surface area contributed by atoms with Crippen LogP contribution >= 0.6 is 0 Å². The van der Waals surface area contributed by atoms with E-state index < -0.39 is 5.67 Å². The number of rotatable bonds is 1. The Balaban J connectivity index is 1.99. The summed E-state index contributed by atoms with van der Waals surface area (Å²) in [5.41, 5.74) is -1.12. The first kappa shape index (κ1) is 8.94. The molecule has 0 amide bonds. The minimum Gasteiger partial charge on any atom is -0.464 e. The van der Waals surface area contributed by atoms with Crippen molar-refractivity contribution in [2.24, 2.45) is 0 Å². The Bertz CT molecular complexity index is 230. The third-order valence-corrected chi connectivity index (χ3v) is 2.80. The molecule has 0 spiro atoms. The first-order valence-corrected chi connectivity index (χ1v) is 4.68. The van der Waals surface area contributed by atoms with Crippen molar-refractivity contribution in [3.63, 3.8) is 0 Å². The Morgan fingerprint density at radius 2 is 2.46 bits per heavy atom. The molecular weight excluding hydrogens is 173 g/mol. The van der Waals surface area contributed by atoms with Crippen molar-refractivity contribution in [2.45, 2.75) is 31.5 Å². The van der Waals surface area contributed by atoms with Gasteiger partial charge in [-0.15, -0.1) is 0 Å². The Labute approximate surface area is 76.8 Å². The van der Waals surface area contributed by atoms with Crippen LogP contribution in [-0.4, -0.2) is 42.3 Å². The average Bonchev–Trinajstić information content (AvgIpc) is 2.56. The SMILES string of the molecule is CC1(F)CCN(C2CCOC2=O)C1. The lowest BCUT2D eigenvalue weighted by Crippen LogP contribution is -2.38. The summed E-state index contributed by atoms with van der Waals surface area (Å²) in [5.74, 6) is -0.183. The molecule has 2 saturated heterocycles. The molecule has 2 heterocycles. The van der Waals surface area contributed by atoms with Crippen LogP contribution in [0.2, 0.25) is 0 Å². The highest BCUT2D eigenvalue weighted by atomic mass is 19.1. The molecule has 0 aromatic carbocycles. The second-order valence-electron chi connectivity index (χ2n) is 4.11. The predicted octanol–water partition coefficient (Wildman–Crippen LogP) is 0.736. The molecule has 0 aromatic rings. The molecule has 13 heavy (non-hydrogen) atoms. The maximum atomic E-state index is 13.4. The van der Waals surface area contributed by atoms with Crippen molar-refractivity contribution in [1.82, 2.24) is 4.90 Å². The van der Waals surface area contributed by atoms with Crippen LogP contribution in [0.3, 0.4) is 0 Å². The van der Waals surface area contributed by atoms with Gasteiger partial charge in [-0.25, -0.2) is 4.39 Å². The summed E-state index contributed by atoms with van der Waals surface area (Å²) in [6, 6.07) is -0.183. The fourth-order valence-corrected chi connectivity index (χ4v) is 2.04. The molecule has 4 heteroatoms. The van der Waals surface area contributed by atoms with E-state index in [1.54, 1.807) is 6.92 Å². The molecule has 0 radical (unpaired) electrons. The highest BCUT2D eigenvalue weighted by Gasteiger charge is 2.41. The van der Waals surface area contributed by atoms with Crippen LogP contribution in [0.1, 0.15) is 19.8 Å². The molecule has 2 fully saturated rings. The van der Waals surface area contributed by atoms with E-state index in [4.69, 9.17) is 4.74 Å². The summed E-state index contributed by atoms with van der Waals surface area (Å²) in [5, 5.41) is 0. The van der Waals surface area contributed by atoms with Gasteiger partial charge < -0.3 is 4.74 Å². The van der Waals surface area contributed by atoms with Crippen LogP contribution < -0.4 is 0 Å². The molecule has 0 aliphatic carbocycles. The molecule has 2 aliphatic heterocycles. The molecule has 0 bridgehead atoms. The van der Waals surface area contributed by atoms with E-state index in [0.29, 0.717) is 26.1 Å². The van der Waals surface area contributed by atoms with Gasteiger partial charge in [0.15, 0.2) is 0 Å². The van der Waals surface area contributed by atoms with Crippen molar-refractivity contribution >= 4 is 5.97 Å². The normalized spacial score (nSPS) is 41.1. The van der Waals surface area contributed by atoms with Crippen LogP contribution in [-0.2, 0) is 9.53 Å². The lowest BCUT2D eigenvalue weighted by atomic mass is 10.1. The zero-order valence-electron chi connectivity index (χ0n) is 7.75. The van der Waals surface area contributed by atoms with E-state index in [-0.39, 0.29) is 12.0 Å². The van der Waals surface area contributed by atoms with E-state index >= 15 is 0 Å². The zero-order valence-corrected chi connectivity index (χ0v) is 7.75. The molecule has 3 nitrogen and oxygen atoms in total. The summed E-state index contributed by atoms with van der Waals surface area (Å²) in [4.78, 5) is 13.1. The maximum Gasteiger partial charge on any atom is 0.323 e. The summed E-state index contributed by atoms with van der Waals surface area (Å²) >= 11 is 0. The molecule has 0 saturated carbocycles. The number of carbonyl (C=O) groups excluding carboxylic acids is 1. The van der Waals surface area contributed by atoms with Gasteiger partial charge in [0.05, 0.1) is 6.61 Å². The largest absolute Gasteiger partial charge is 0.464 e. The van der Waals surface area contributed by atoms with Crippen LogP contribution in [0.15, 0.2) is 0 Å². The van der Waals surface area contributed by atoms with Gasteiger partial charge >= 0.3 is 5.97 Å². The van der Waals surface area contributed by atoms with Crippen molar-refractivity contribution in [3.8, 4) is 0 Å². The van der Waals surface area contributed by atoms with Gasteiger partial charge in [0.1, 0.15) is 11.7 Å². The number of carbonyl (C=O) groups is 1. The number of ether oxygens (including phenoxy) is 1. The van der Waals surface area contributed by atoms with E-state index in [1.165, 1.54) is 0 Å². The van der Waals surface area contributed by atoms with Crippen LogP contribution in [0.5, 0.6) is 0 Å². The van der Waals surface area contributed by atoms with E-state index in [1.807, 2.05) is 4.90 Å². The van der Waals surface area contributed by atoms with Gasteiger partial charge in [0.25, 0.3) is 0 Å². The number of hydrogen-bond acceptors (Lipinski definition) is 3. The zero-order chi connectivity index (χ0) is 9.47. The van der Waals surface area contributed by atoms with Crippen molar-refractivity contribution in [2.75, 3.05) is 19.7 Å². The van der Waals surface area contributed by atoms with Gasteiger partial charge in [0.2, 0.25) is 0 Å². The van der Waals surface area contributed by atoms with E-state index in [0.717, 1.165) is 6.42 Å². The number of hydrogen-bond donors (Lipinski definition) is 0. The fraction of sp³-hybridized carbons (Fsp3) is 0.889. The summed E-state index contributed by atoms with van der Waals surface area (Å²) < 4.78 is 18.3. The lowest BCUT2D eigenvalue weighted by molar-refractivity contribution is -0.142. The minimum absolute atomic E-state index is 0.183. The van der Waals surface area contributed by atoms with Gasteiger partial charge in [0, 0.05) is 19.5 Å². The number of nitrogens with zero attached hydrogens (tertiary/aromatic N) is 1. The molecule has 2 atom stereocenters. The van der Waals surface area contributed by atoms with Crippen LogP contribution in [0.4, 0.5) is 4.39 Å². The topological polar surface area (TPSA) is 29.5 Å². The quantitative estimate of drug-likeness (QED) is 0.567. The third-order valence-electron chi connectivity index (χ3n) is 2.80. The molecule has 0 N–H and O–H groups in total. The number of likely N-dealkylation sites (tertiary alicyclic amines) is 1. The number of alkyl halides is 1. The second-order valence-corrected chi connectivity index (χ2v) is 4.11. The number of cyclic esters (lactones) is 1. The van der Waals surface area contributed by atoms with Crippen molar-refractivity contribution in [3.05, 3.63) is 0 Å². The maximum absolute atomic E-state index is 13.4. The monoisotopic (exact) mass is 187 g/mol. The first-order valence-electron chi connectivity index (χ1n) is 4.68. The summed E-state index contributed by atoms with van der Waals surface area (Å²) in [6.07, 6.45) is 1.24. The van der Waals surface area contributed by atoms with Gasteiger partial charge in [-0.1, -0.05) is 0 Å². The smallest absolute Gasteiger partial charge is 0.323 e. The Morgan fingerprint density at radius 3 is 2.92 bits per heavy atom. The van der Waals surface area contributed by atoms with E-state index in [9.17, 15) is 9.18 Å².